The molecule has 1 aliphatic carbocycles. The van der Waals surface area contributed by atoms with Crippen LogP contribution in [0.5, 0.6) is 0 Å². The summed E-state index contributed by atoms with van der Waals surface area (Å²) >= 11 is 0. The lowest BCUT2D eigenvalue weighted by molar-refractivity contribution is -0.137. The van der Waals surface area contributed by atoms with Gasteiger partial charge >= 0.3 is 12.3 Å². The minimum absolute atomic E-state index is 0.0760. The number of carbonyl (C=O) groups is 2. The molecule has 2 amide bonds. The van der Waals surface area contributed by atoms with Crippen LogP contribution in [0, 0.1) is 5.41 Å². The van der Waals surface area contributed by atoms with E-state index in [4.69, 9.17) is 4.74 Å². The monoisotopic (exact) mass is 454 g/mol. The average molecular weight is 454 g/mol. The van der Waals surface area contributed by atoms with Crippen LogP contribution in [-0.4, -0.2) is 59.2 Å². The third kappa shape index (κ3) is 4.49. The summed E-state index contributed by atoms with van der Waals surface area (Å²) in [5.74, 6) is 0.372. The second kappa shape index (κ2) is 7.81. The maximum Gasteiger partial charge on any atom is 0.416 e. The molecule has 1 aromatic heterocycles. The fourth-order valence-electron chi connectivity index (χ4n) is 5.22. The molecule has 3 atom stereocenters. The highest BCUT2D eigenvalue weighted by Crippen LogP contribution is 2.49. The van der Waals surface area contributed by atoms with Crippen LogP contribution in [0.15, 0.2) is 18.3 Å². The van der Waals surface area contributed by atoms with Gasteiger partial charge in [0.25, 0.3) is 0 Å². The van der Waals surface area contributed by atoms with Gasteiger partial charge in [-0.2, -0.15) is 13.2 Å². The minimum atomic E-state index is -4.42. The maximum absolute atomic E-state index is 13.3. The predicted molar refractivity (Wildman–Crippen MR) is 111 cm³/mol. The number of fused-ring (bicyclic) bond motifs is 1. The van der Waals surface area contributed by atoms with Crippen molar-refractivity contribution in [2.75, 3.05) is 24.5 Å². The number of piperazine rings is 1. The zero-order chi connectivity index (χ0) is 23.3. The first kappa shape index (κ1) is 22.7. The number of nitrogens with one attached hydrogen (secondary N) is 1. The van der Waals surface area contributed by atoms with E-state index >= 15 is 0 Å². The van der Waals surface area contributed by atoms with E-state index in [1.165, 1.54) is 6.20 Å². The molecule has 1 aromatic rings. The lowest BCUT2D eigenvalue weighted by Crippen LogP contribution is -2.52. The molecular weight excluding hydrogens is 425 g/mol. The fraction of sp³-hybridized carbons (Fsp3) is 0.682. The van der Waals surface area contributed by atoms with Crippen molar-refractivity contribution in [1.82, 2.24) is 15.2 Å². The summed E-state index contributed by atoms with van der Waals surface area (Å²) in [7, 11) is 0. The van der Waals surface area contributed by atoms with Crippen LogP contribution < -0.4 is 10.2 Å². The van der Waals surface area contributed by atoms with Crippen molar-refractivity contribution < 1.29 is 27.5 Å². The number of nitrogens with zero attached hydrogens (tertiary/aromatic N) is 3. The second-order valence-electron chi connectivity index (χ2n) is 10.1. The van der Waals surface area contributed by atoms with Gasteiger partial charge in [0.2, 0.25) is 5.91 Å². The molecule has 1 saturated carbocycles. The Balaban J connectivity index is 1.41. The molecule has 3 aliphatic rings. The number of amides is 2. The van der Waals surface area contributed by atoms with Gasteiger partial charge in [0.05, 0.1) is 17.0 Å². The number of alkyl carbamates (subject to hydrolysis) is 1. The Labute approximate surface area is 185 Å². The normalized spacial score (nSPS) is 28.2. The first-order chi connectivity index (χ1) is 14.9. The molecule has 1 N–H and O–H groups in total. The number of rotatable bonds is 2. The Morgan fingerprint density at radius 3 is 2.69 bits per heavy atom. The van der Waals surface area contributed by atoms with E-state index in [-0.39, 0.29) is 23.8 Å². The molecule has 7 nitrogen and oxygen atoms in total. The molecule has 3 fully saturated rings. The summed E-state index contributed by atoms with van der Waals surface area (Å²) in [5, 5.41) is 2.88. The Bertz CT molecular complexity index is 901. The Kier molecular flexibility index (Phi) is 5.53. The molecular formula is C22H29F3N4O3. The van der Waals surface area contributed by atoms with Crippen molar-refractivity contribution in [1.29, 1.82) is 0 Å². The van der Waals surface area contributed by atoms with Crippen molar-refractivity contribution in [3.8, 4) is 0 Å². The zero-order valence-corrected chi connectivity index (χ0v) is 18.5. The van der Waals surface area contributed by atoms with Gasteiger partial charge in [0, 0.05) is 31.9 Å². The second-order valence-corrected chi connectivity index (χ2v) is 10.1. The van der Waals surface area contributed by atoms with Gasteiger partial charge < -0.3 is 19.9 Å². The van der Waals surface area contributed by atoms with Gasteiger partial charge in [0.1, 0.15) is 11.4 Å². The Morgan fingerprint density at radius 1 is 1.25 bits per heavy atom. The van der Waals surface area contributed by atoms with Gasteiger partial charge in [-0.1, -0.05) is 0 Å². The van der Waals surface area contributed by atoms with E-state index in [9.17, 15) is 22.8 Å². The number of carbonyl (C=O) groups excluding carboxylic acids is 2. The highest BCUT2D eigenvalue weighted by molar-refractivity contribution is 5.86. The standard InChI is InChI=1S/C22H29F3N4O3/c1-20(2,3)32-19(31)27-15-4-6-21(11-15)12-16-13-28(8-9-29(16)18(21)30)17-10-14(5-7-26-17)22(23,24)25/h5,7,10,15-16H,4,6,8-9,11-13H2,1-3H3,(H,27,31)/t15-,16?,21+/m1/s1. The van der Waals surface area contributed by atoms with Crippen LogP contribution >= 0.6 is 0 Å². The number of ether oxygens (including phenoxy) is 1. The van der Waals surface area contributed by atoms with Crippen LogP contribution in [0.1, 0.15) is 52.0 Å². The molecule has 0 radical (unpaired) electrons. The quantitative estimate of drug-likeness (QED) is 0.740. The Hall–Kier alpha value is -2.52. The summed E-state index contributed by atoms with van der Waals surface area (Å²) in [5.41, 5.74) is -1.84. The zero-order valence-electron chi connectivity index (χ0n) is 18.5. The van der Waals surface area contributed by atoms with Crippen LogP contribution in [0.2, 0.25) is 0 Å². The van der Waals surface area contributed by atoms with Gasteiger partial charge in [0.15, 0.2) is 0 Å². The summed E-state index contributed by atoms with van der Waals surface area (Å²) < 4.78 is 44.6. The number of halogens is 3. The maximum atomic E-state index is 13.3. The van der Waals surface area contributed by atoms with E-state index in [1.807, 2.05) is 9.80 Å². The van der Waals surface area contributed by atoms with Crippen molar-refractivity contribution in [3.05, 3.63) is 23.9 Å². The average Bonchev–Trinajstić information content (AvgIpc) is 3.20. The lowest BCUT2D eigenvalue weighted by Gasteiger charge is -2.38. The first-order valence-corrected chi connectivity index (χ1v) is 11.0. The van der Waals surface area contributed by atoms with Gasteiger partial charge in [-0.25, -0.2) is 9.78 Å². The first-order valence-electron chi connectivity index (χ1n) is 11.0. The van der Waals surface area contributed by atoms with E-state index in [0.717, 1.165) is 12.1 Å². The molecule has 2 aliphatic heterocycles. The van der Waals surface area contributed by atoms with Crippen LogP contribution in [0.25, 0.3) is 0 Å². The van der Waals surface area contributed by atoms with Gasteiger partial charge in [-0.3, -0.25) is 4.79 Å². The van der Waals surface area contributed by atoms with E-state index < -0.39 is 28.8 Å². The molecule has 176 valence electrons. The van der Waals surface area contributed by atoms with Crippen LogP contribution in [0.3, 0.4) is 0 Å². The van der Waals surface area contributed by atoms with Gasteiger partial charge in [-0.15, -0.1) is 0 Å². The van der Waals surface area contributed by atoms with Crippen molar-refractivity contribution in [2.24, 2.45) is 5.41 Å². The smallest absolute Gasteiger partial charge is 0.416 e. The van der Waals surface area contributed by atoms with E-state index in [1.54, 1.807) is 20.8 Å². The predicted octanol–water partition coefficient (Wildman–Crippen LogP) is 3.58. The number of alkyl halides is 3. The van der Waals surface area contributed by atoms with E-state index in [2.05, 4.69) is 10.3 Å². The summed E-state index contributed by atoms with van der Waals surface area (Å²) in [6, 6.07) is 1.83. The minimum Gasteiger partial charge on any atom is -0.444 e. The molecule has 0 aromatic carbocycles. The third-order valence-corrected chi connectivity index (χ3v) is 6.55. The summed E-state index contributed by atoms with van der Waals surface area (Å²) in [6.45, 7) is 6.73. The highest BCUT2D eigenvalue weighted by Gasteiger charge is 2.56. The van der Waals surface area contributed by atoms with Crippen molar-refractivity contribution >= 4 is 17.8 Å². The number of anilines is 1. The molecule has 4 rings (SSSR count). The van der Waals surface area contributed by atoms with Gasteiger partial charge in [-0.05, 0) is 58.6 Å². The van der Waals surface area contributed by atoms with Crippen molar-refractivity contribution in [3.63, 3.8) is 0 Å². The number of aromatic nitrogens is 1. The SMILES string of the molecule is CC(C)(C)OC(=O)N[C@@H]1CC[C@@]2(CC3CN(c4cc(C(F)(F)F)ccn4)CCN3C2=O)C1. The molecule has 1 spiro atoms. The molecule has 0 bridgehead atoms. The Morgan fingerprint density at radius 2 is 2.00 bits per heavy atom. The number of pyridine rings is 1. The molecule has 1 unspecified atom stereocenters. The topological polar surface area (TPSA) is 74.8 Å². The lowest BCUT2D eigenvalue weighted by atomic mass is 9.82. The molecule has 3 heterocycles. The molecule has 2 saturated heterocycles. The molecule has 32 heavy (non-hydrogen) atoms. The molecule has 10 heteroatoms. The summed E-state index contributed by atoms with van der Waals surface area (Å²) in [6.07, 6.45) is -1.16. The number of hydrogen-bond acceptors (Lipinski definition) is 5. The largest absolute Gasteiger partial charge is 0.444 e. The van der Waals surface area contributed by atoms with E-state index in [0.29, 0.717) is 45.3 Å². The number of hydrogen-bond donors (Lipinski definition) is 1. The fourth-order valence-corrected chi connectivity index (χ4v) is 5.22. The van der Waals surface area contributed by atoms with Crippen molar-refractivity contribution in [2.45, 2.75) is 70.3 Å². The summed E-state index contributed by atoms with van der Waals surface area (Å²) in [4.78, 5) is 33.2. The third-order valence-electron chi connectivity index (χ3n) is 6.55. The van der Waals surface area contributed by atoms with Crippen LogP contribution in [0.4, 0.5) is 23.8 Å². The highest BCUT2D eigenvalue weighted by atomic mass is 19.4. The van der Waals surface area contributed by atoms with Crippen LogP contribution in [-0.2, 0) is 15.7 Å².